The number of hydrogen-bond donors (Lipinski definition) is 5. The molecule has 0 fully saturated rings. The number of hydrogen-bond acceptors (Lipinski definition) is 9. The van der Waals surface area contributed by atoms with Crippen molar-refractivity contribution in [1.29, 1.82) is 0 Å². The lowest BCUT2D eigenvalue weighted by Crippen LogP contribution is -2.56. The Labute approximate surface area is 254 Å². The molecule has 244 valence electrons. The van der Waals surface area contributed by atoms with E-state index in [0.29, 0.717) is 25.8 Å². The predicted molar refractivity (Wildman–Crippen MR) is 164 cm³/mol. The van der Waals surface area contributed by atoms with Crippen molar-refractivity contribution in [3.05, 3.63) is 12.2 Å². The molecular formula is C28H48N6O8S. The van der Waals surface area contributed by atoms with Gasteiger partial charge in [0.15, 0.2) is 0 Å². The first kappa shape index (κ1) is 37.6. The fourth-order valence-corrected chi connectivity index (χ4v) is 4.39. The summed E-state index contributed by atoms with van der Waals surface area (Å²) in [5.74, 6) is -3.70. The summed E-state index contributed by atoms with van der Waals surface area (Å²) in [5.41, 5.74) is 5.55. The Bertz CT molecular complexity index is 1040. The number of imide groups is 1. The largest absolute Gasteiger partial charge is 0.463 e. The first-order chi connectivity index (χ1) is 20.0. The van der Waals surface area contributed by atoms with Gasteiger partial charge in [0.1, 0.15) is 24.7 Å². The number of nitrogens with zero attached hydrogens (tertiary/aromatic N) is 1. The summed E-state index contributed by atoms with van der Waals surface area (Å²) in [5, 5.41) is 10.3. The van der Waals surface area contributed by atoms with Crippen molar-refractivity contribution in [2.75, 3.05) is 50.8 Å². The maximum absolute atomic E-state index is 12.8. The van der Waals surface area contributed by atoms with E-state index in [0.717, 1.165) is 22.8 Å². The molecule has 15 heteroatoms. The molecule has 6 N–H and O–H groups in total. The van der Waals surface area contributed by atoms with Gasteiger partial charge in [0.25, 0.3) is 11.8 Å². The number of nitrogens with two attached hydrogens (primary N) is 1. The van der Waals surface area contributed by atoms with E-state index in [1.165, 1.54) is 6.92 Å². The highest BCUT2D eigenvalue weighted by Crippen LogP contribution is 2.33. The molecule has 0 bridgehead atoms. The molecular weight excluding hydrogens is 580 g/mol. The predicted octanol–water partition coefficient (Wildman–Crippen LogP) is -1.09. The summed E-state index contributed by atoms with van der Waals surface area (Å²) in [6.45, 7) is 4.98. The van der Waals surface area contributed by atoms with Gasteiger partial charge < -0.3 is 31.7 Å². The number of carbonyl (C=O) groups excluding carboxylic acids is 7. The lowest BCUT2D eigenvalue weighted by Gasteiger charge is -2.25. The van der Waals surface area contributed by atoms with E-state index in [1.54, 1.807) is 13.8 Å². The highest BCUT2D eigenvalue weighted by Gasteiger charge is 2.30. The molecule has 0 saturated carbocycles. The highest BCUT2D eigenvalue weighted by atomic mass is 32.3. The summed E-state index contributed by atoms with van der Waals surface area (Å²) < 4.78 is 5.39. The Morgan fingerprint density at radius 1 is 0.907 bits per heavy atom. The first-order valence-electron chi connectivity index (χ1n) is 14.3. The van der Waals surface area contributed by atoms with Crippen molar-refractivity contribution in [3.8, 4) is 0 Å². The van der Waals surface area contributed by atoms with Crippen LogP contribution in [-0.4, -0.2) is 115 Å². The van der Waals surface area contributed by atoms with Gasteiger partial charge in [-0.2, -0.15) is 0 Å². The number of esters is 1. The van der Waals surface area contributed by atoms with Crippen molar-refractivity contribution < 1.29 is 38.3 Å². The van der Waals surface area contributed by atoms with Crippen LogP contribution >= 0.6 is 10.0 Å². The Kier molecular flexibility index (Phi) is 16.0. The molecule has 0 aliphatic carbocycles. The van der Waals surface area contributed by atoms with Gasteiger partial charge in [0, 0.05) is 30.9 Å². The molecule has 6 amide bonds. The van der Waals surface area contributed by atoms with Crippen molar-refractivity contribution in [2.24, 2.45) is 11.7 Å². The van der Waals surface area contributed by atoms with Gasteiger partial charge in [0.05, 0.1) is 6.61 Å². The Morgan fingerprint density at radius 3 is 2.09 bits per heavy atom. The summed E-state index contributed by atoms with van der Waals surface area (Å²) >= 11 is 0. The van der Waals surface area contributed by atoms with Crippen molar-refractivity contribution >= 4 is 51.4 Å². The summed E-state index contributed by atoms with van der Waals surface area (Å²) in [6, 6.07) is -2.84. The normalized spacial score (nSPS) is 15.5. The Morgan fingerprint density at radius 2 is 1.53 bits per heavy atom. The molecule has 1 rings (SSSR count). The van der Waals surface area contributed by atoms with Gasteiger partial charge in [0.2, 0.25) is 23.6 Å². The van der Waals surface area contributed by atoms with E-state index in [9.17, 15) is 33.6 Å². The molecule has 43 heavy (non-hydrogen) atoms. The number of rotatable bonds is 19. The molecule has 1 unspecified atom stereocenters. The minimum atomic E-state index is -1.03. The van der Waals surface area contributed by atoms with Crippen LogP contribution < -0.4 is 27.0 Å². The molecule has 0 aromatic heterocycles. The third-order valence-electron chi connectivity index (χ3n) is 6.38. The Hall–Kier alpha value is -3.46. The average Bonchev–Trinajstić information content (AvgIpc) is 3.22. The molecule has 0 aromatic carbocycles. The lowest BCUT2D eigenvalue weighted by atomic mass is 10.0. The van der Waals surface area contributed by atoms with E-state index in [1.807, 2.05) is 0 Å². The van der Waals surface area contributed by atoms with Crippen molar-refractivity contribution in [1.82, 2.24) is 26.2 Å². The number of nitrogens with one attached hydrogen (secondary N) is 4. The maximum atomic E-state index is 12.8. The van der Waals surface area contributed by atoms with Crippen LogP contribution in [-0.2, 0) is 38.3 Å². The van der Waals surface area contributed by atoms with E-state index < -0.39 is 76.1 Å². The zero-order chi connectivity index (χ0) is 32.7. The van der Waals surface area contributed by atoms with E-state index in [4.69, 9.17) is 10.5 Å². The zero-order valence-electron chi connectivity index (χ0n) is 26.0. The molecule has 0 aromatic rings. The molecule has 1 aliphatic rings. The quantitative estimate of drug-likeness (QED) is 0.0669. The van der Waals surface area contributed by atoms with Crippen LogP contribution in [0.5, 0.6) is 0 Å². The third kappa shape index (κ3) is 14.5. The topological polar surface area (TPSA) is 206 Å². The number of carbonyl (C=O) groups is 7. The summed E-state index contributed by atoms with van der Waals surface area (Å²) in [7, 11) is -0.839. The minimum absolute atomic E-state index is 0.0426. The zero-order valence-corrected chi connectivity index (χ0v) is 26.8. The van der Waals surface area contributed by atoms with Gasteiger partial charge >= 0.3 is 5.97 Å². The molecule has 0 saturated heterocycles. The molecule has 0 radical (unpaired) electrons. The number of amides is 6. The van der Waals surface area contributed by atoms with Gasteiger partial charge in [-0.25, -0.2) is 14.8 Å². The van der Waals surface area contributed by atoms with Gasteiger partial charge in [-0.3, -0.25) is 33.7 Å². The lowest BCUT2D eigenvalue weighted by molar-refractivity contribution is -0.147. The number of ether oxygens (including phenoxy) is 1. The number of unbranched alkanes of at least 4 members (excludes halogenated alkanes) is 1. The monoisotopic (exact) mass is 628 g/mol. The average molecular weight is 629 g/mol. The van der Waals surface area contributed by atoms with E-state index >= 15 is 0 Å². The van der Waals surface area contributed by atoms with Gasteiger partial charge in [-0.1, -0.05) is 13.8 Å². The van der Waals surface area contributed by atoms with Gasteiger partial charge in [-0.15, -0.1) is 0 Å². The maximum Gasteiger partial charge on any atom is 0.328 e. The molecule has 14 nitrogen and oxygen atoms in total. The molecule has 1 heterocycles. The second-order valence-corrected chi connectivity index (χ2v) is 16.1. The SMILES string of the molecule is CC(C)C(NC(=O)CN1C(=O)C=CC1=O)C(=O)N[C@@H](C)C(=O)NCCC(=O)N[C@@H](CCCCN)C(=O)OCCS(C)(C)C. The van der Waals surface area contributed by atoms with E-state index in [2.05, 4.69) is 40.0 Å². The van der Waals surface area contributed by atoms with Crippen molar-refractivity contribution in [2.45, 2.75) is 64.6 Å². The second-order valence-electron chi connectivity index (χ2n) is 11.5. The third-order valence-corrected chi connectivity index (χ3v) is 7.77. The fraction of sp³-hybridized carbons (Fsp3) is 0.679. The van der Waals surface area contributed by atoms with Crippen LogP contribution in [0.2, 0.25) is 0 Å². The highest BCUT2D eigenvalue weighted by molar-refractivity contribution is 8.32. The smallest absolute Gasteiger partial charge is 0.328 e. The van der Waals surface area contributed by atoms with Crippen LogP contribution in [0.1, 0.15) is 46.5 Å². The second kappa shape index (κ2) is 18.3. The fourth-order valence-electron chi connectivity index (χ4n) is 3.81. The van der Waals surface area contributed by atoms with E-state index in [-0.39, 0.29) is 25.5 Å². The van der Waals surface area contributed by atoms with Gasteiger partial charge in [-0.05, 0) is 57.4 Å². The van der Waals surface area contributed by atoms with Crippen LogP contribution in [0.25, 0.3) is 0 Å². The van der Waals surface area contributed by atoms with Crippen LogP contribution in [0.4, 0.5) is 0 Å². The molecule has 3 atom stereocenters. The standard InChI is InChI=1S/C28H48N6O8S/c1-18(2)25(33-22(36)17-34-23(37)10-11-24(34)38)27(40)31-19(3)26(39)30-14-12-21(35)32-20(9-7-8-13-29)28(41)42-15-16-43(4,5)6/h10-11,18-20,25H,7-9,12-17,29H2,1-6H3,(H,30,39)(H,31,40)(H,32,35)(H,33,36)/t19-,20-,25?/m0/s1. The first-order valence-corrected chi connectivity index (χ1v) is 17.3. The molecule has 0 spiro atoms. The van der Waals surface area contributed by atoms with Crippen LogP contribution in [0, 0.1) is 5.92 Å². The minimum Gasteiger partial charge on any atom is -0.463 e. The Balaban J connectivity index is 2.56. The van der Waals surface area contributed by atoms with Crippen molar-refractivity contribution in [3.63, 3.8) is 0 Å². The van der Waals surface area contributed by atoms with Crippen LogP contribution in [0.15, 0.2) is 12.2 Å². The summed E-state index contributed by atoms with van der Waals surface area (Å²) in [4.78, 5) is 87.0. The summed E-state index contributed by atoms with van der Waals surface area (Å²) in [6.07, 6.45) is 10.1. The molecule has 1 aliphatic heterocycles. The van der Waals surface area contributed by atoms with Crippen LogP contribution in [0.3, 0.4) is 0 Å².